The van der Waals surface area contributed by atoms with Gasteiger partial charge in [-0.3, -0.25) is 19.5 Å². The van der Waals surface area contributed by atoms with E-state index in [2.05, 4.69) is 11.2 Å². The summed E-state index contributed by atoms with van der Waals surface area (Å²) in [6.07, 6.45) is 0.715. The van der Waals surface area contributed by atoms with Crippen LogP contribution in [0.15, 0.2) is 58.1 Å². The van der Waals surface area contributed by atoms with Crippen LogP contribution in [0.4, 0.5) is 0 Å². The molecule has 3 rings (SSSR count). The fraction of sp³-hybridized carbons (Fsp3) is 0.286. The summed E-state index contributed by atoms with van der Waals surface area (Å²) < 4.78 is 1.09. The Morgan fingerprint density at radius 3 is 2.52 bits per heavy atom. The molecule has 140 valence electrons. The molecule has 0 radical (unpaired) electrons. The maximum absolute atomic E-state index is 12.7. The molecule has 3 aromatic rings. The number of amides is 1. The van der Waals surface area contributed by atoms with E-state index >= 15 is 0 Å². The van der Waals surface area contributed by atoms with Gasteiger partial charge < -0.3 is 4.90 Å². The Bertz CT molecular complexity index is 1100. The Morgan fingerprint density at radius 1 is 1.11 bits per heavy atom. The fourth-order valence-corrected chi connectivity index (χ4v) is 3.17. The average molecular weight is 365 g/mol. The average Bonchev–Trinajstić information content (AvgIpc) is 2.65. The quantitative estimate of drug-likeness (QED) is 0.752. The van der Waals surface area contributed by atoms with Crippen LogP contribution in [0.2, 0.25) is 0 Å². The van der Waals surface area contributed by atoms with Gasteiger partial charge in [0.25, 0.3) is 11.1 Å². The third kappa shape index (κ3) is 4.00. The number of aromatic amines is 1. The minimum absolute atomic E-state index is 0.0396. The van der Waals surface area contributed by atoms with E-state index in [4.69, 9.17) is 0 Å². The van der Waals surface area contributed by atoms with E-state index in [1.54, 1.807) is 36.2 Å². The van der Waals surface area contributed by atoms with Crippen molar-refractivity contribution in [1.82, 2.24) is 14.7 Å². The Labute approximate surface area is 157 Å². The first kappa shape index (κ1) is 18.6. The second-order valence-corrected chi connectivity index (χ2v) is 6.92. The molecule has 1 N–H and O–H groups in total. The van der Waals surface area contributed by atoms with Crippen LogP contribution in [0.25, 0.3) is 10.8 Å². The van der Waals surface area contributed by atoms with E-state index in [0.29, 0.717) is 17.2 Å². The predicted molar refractivity (Wildman–Crippen MR) is 106 cm³/mol. The summed E-state index contributed by atoms with van der Waals surface area (Å²) in [4.78, 5) is 39.0. The van der Waals surface area contributed by atoms with Gasteiger partial charge in [-0.15, -0.1) is 0 Å². The van der Waals surface area contributed by atoms with Crippen molar-refractivity contribution in [2.24, 2.45) is 0 Å². The first-order chi connectivity index (χ1) is 12.9. The van der Waals surface area contributed by atoms with Gasteiger partial charge in [0, 0.05) is 13.1 Å². The minimum atomic E-state index is -0.381. The monoisotopic (exact) mass is 365 g/mol. The molecule has 0 saturated carbocycles. The molecule has 0 bridgehead atoms. The number of carbonyl (C=O) groups is 1. The normalized spacial score (nSPS) is 12.1. The van der Waals surface area contributed by atoms with E-state index in [1.807, 2.05) is 32.0 Å². The number of fused-ring (bicyclic) bond motifs is 1. The lowest BCUT2D eigenvalue weighted by Gasteiger charge is -2.25. The van der Waals surface area contributed by atoms with Crippen molar-refractivity contribution in [2.75, 3.05) is 7.05 Å². The molecule has 0 aliphatic rings. The molecule has 0 aliphatic carbocycles. The second-order valence-electron chi connectivity index (χ2n) is 6.92. The predicted octanol–water partition coefficient (Wildman–Crippen LogP) is 2.09. The maximum atomic E-state index is 12.7. The number of carbonyl (C=O) groups excluding carboxylic acids is 1. The van der Waals surface area contributed by atoms with Crippen molar-refractivity contribution in [3.05, 3.63) is 80.4 Å². The van der Waals surface area contributed by atoms with Crippen molar-refractivity contribution in [2.45, 2.75) is 32.9 Å². The number of H-pyrrole nitrogens is 1. The lowest BCUT2D eigenvalue weighted by atomic mass is 10.0. The lowest BCUT2D eigenvalue weighted by molar-refractivity contribution is -0.132. The summed E-state index contributed by atoms with van der Waals surface area (Å²) in [7, 11) is 1.72. The van der Waals surface area contributed by atoms with E-state index in [1.165, 1.54) is 5.56 Å². The number of aromatic nitrogens is 2. The minimum Gasteiger partial charge on any atom is -0.341 e. The number of rotatable bonds is 5. The number of nitrogens with one attached hydrogen (secondary N) is 1. The zero-order valence-corrected chi connectivity index (χ0v) is 15.7. The first-order valence-electron chi connectivity index (χ1n) is 8.90. The highest BCUT2D eigenvalue weighted by molar-refractivity contribution is 5.81. The molecule has 0 aliphatic heterocycles. The molecule has 0 fully saturated rings. The molecule has 6 heteroatoms. The second kappa shape index (κ2) is 7.61. The molecule has 0 saturated heterocycles. The summed E-state index contributed by atoms with van der Waals surface area (Å²) in [6, 6.07) is 14.7. The lowest BCUT2D eigenvalue weighted by Crippen LogP contribution is -2.41. The number of aryl methyl sites for hydroxylation is 1. The first-order valence-corrected chi connectivity index (χ1v) is 8.90. The molecule has 1 unspecified atom stereocenters. The third-order valence-electron chi connectivity index (χ3n) is 4.85. The van der Waals surface area contributed by atoms with E-state index in [-0.39, 0.29) is 29.6 Å². The molecule has 1 heterocycles. The van der Waals surface area contributed by atoms with Crippen molar-refractivity contribution in [1.29, 1.82) is 0 Å². The van der Waals surface area contributed by atoms with Crippen LogP contribution in [0, 0.1) is 6.92 Å². The van der Waals surface area contributed by atoms with Crippen molar-refractivity contribution >= 4 is 16.7 Å². The summed E-state index contributed by atoms with van der Waals surface area (Å²) in [5.74, 6) is -0.233. The number of likely N-dealkylation sites (N-methyl/N-ethyl adjacent to an activating group) is 1. The van der Waals surface area contributed by atoms with Crippen molar-refractivity contribution in [3.8, 4) is 0 Å². The van der Waals surface area contributed by atoms with Gasteiger partial charge in [-0.05, 0) is 38.0 Å². The standard InChI is InChI=1S/C21H23N3O3/c1-14-7-6-8-16(11-14)12-15(2)23(3)19(25)13-24-21(27)18-10-5-4-9-17(18)20(26)22-24/h4-11,15H,12-13H2,1-3H3,(H,22,26). The van der Waals surface area contributed by atoms with Crippen LogP contribution < -0.4 is 11.1 Å². The Kier molecular flexibility index (Phi) is 5.26. The van der Waals surface area contributed by atoms with Crippen molar-refractivity contribution < 1.29 is 4.79 Å². The molecular formula is C21H23N3O3. The van der Waals surface area contributed by atoms with Gasteiger partial charge in [0.05, 0.1) is 10.8 Å². The summed E-state index contributed by atoms with van der Waals surface area (Å²) in [5, 5.41) is 3.14. The van der Waals surface area contributed by atoms with Crippen LogP contribution in [-0.4, -0.2) is 33.7 Å². The van der Waals surface area contributed by atoms with Gasteiger partial charge in [-0.25, -0.2) is 4.68 Å². The summed E-state index contributed by atoms with van der Waals surface area (Å²) in [5.41, 5.74) is 1.57. The molecule has 1 amide bonds. The van der Waals surface area contributed by atoms with E-state index in [0.717, 1.165) is 10.2 Å². The molecule has 1 aromatic heterocycles. The molecule has 6 nitrogen and oxygen atoms in total. The Balaban J connectivity index is 1.78. The van der Waals surface area contributed by atoms with Gasteiger partial charge in [0.2, 0.25) is 5.91 Å². The molecule has 27 heavy (non-hydrogen) atoms. The molecule has 2 aromatic carbocycles. The number of hydrogen-bond acceptors (Lipinski definition) is 3. The zero-order chi connectivity index (χ0) is 19.6. The third-order valence-corrected chi connectivity index (χ3v) is 4.85. The van der Waals surface area contributed by atoms with Crippen LogP contribution in [0.3, 0.4) is 0 Å². The van der Waals surface area contributed by atoms with Gasteiger partial charge >= 0.3 is 0 Å². The van der Waals surface area contributed by atoms with Crippen LogP contribution in [0.5, 0.6) is 0 Å². The highest BCUT2D eigenvalue weighted by Crippen LogP contribution is 2.10. The molecular weight excluding hydrogens is 342 g/mol. The Hall–Kier alpha value is -3.15. The Morgan fingerprint density at radius 2 is 1.81 bits per heavy atom. The molecule has 0 spiro atoms. The van der Waals surface area contributed by atoms with Gasteiger partial charge in [0.1, 0.15) is 6.54 Å². The summed E-state index contributed by atoms with van der Waals surface area (Å²) >= 11 is 0. The fourth-order valence-electron chi connectivity index (χ4n) is 3.17. The summed E-state index contributed by atoms with van der Waals surface area (Å²) in [6.45, 7) is 3.80. The van der Waals surface area contributed by atoms with Gasteiger partial charge in [0.15, 0.2) is 0 Å². The topological polar surface area (TPSA) is 75.2 Å². The molecule has 1 atom stereocenters. The van der Waals surface area contributed by atoms with Crippen LogP contribution in [0.1, 0.15) is 18.1 Å². The van der Waals surface area contributed by atoms with Gasteiger partial charge in [-0.1, -0.05) is 42.0 Å². The van der Waals surface area contributed by atoms with Crippen LogP contribution >= 0.6 is 0 Å². The van der Waals surface area contributed by atoms with Gasteiger partial charge in [-0.2, -0.15) is 0 Å². The smallest absolute Gasteiger partial charge is 0.273 e. The number of benzene rings is 2. The largest absolute Gasteiger partial charge is 0.341 e. The highest BCUT2D eigenvalue weighted by atomic mass is 16.2. The van der Waals surface area contributed by atoms with E-state index in [9.17, 15) is 14.4 Å². The number of hydrogen-bond donors (Lipinski definition) is 1. The number of nitrogens with zero attached hydrogens (tertiary/aromatic N) is 2. The van der Waals surface area contributed by atoms with Crippen LogP contribution in [-0.2, 0) is 17.8 Å². The van der Waals surface area contributed by atoms with Crippen molar-refractivity contribution in [3.63, 3.8) is 0 Å². The zero-order valence-electron chi connectivity index (χ0n) is 15.7. The SMILES string of the molecule is Cc1cccc(CC(C)N(C)C(=O)Cn2[nH]c(=O)c3ccccc3c2=O)c1. The highest BCUT2D eigenvalue weighted by Gasteiger charge is 2.18. The maximum Gasteiger partial charge on any atom is 0.273 e. The van der Waals surface area contributed by atoms with E-state index < -0.39 is 0 Å².